The molecule has 0 unspecified atom stereocenters. The van der Waals surface area contributed by atoms with E-state index >= 15 is 0 Å². The topological polar surface area (TPSA) is 122 Å². The van der Waals surface area contributed by atoms with Crippen molar-refractivity contribution in [1.29, 1.82) is 0 Å². The Hall–Kier alpha value is -0.580. The third-order valence-corrected chi connectivity index (χ3v) is 5.37. The van der Waals surface area contributed by atoms with E-state index in [0.29, 0.717) is 30.8 Å². The van der Waals surface area contributed by atoms with E-state index in [0.717, 1.165) is 5.75 Å². The molecule has 5 N–H and O–H groups in total. The lowest BCUT2D eigenvalue weighted by molar-refractivity contribution is -0.142. The van der Waals surface area contributed by atoms with Crippen molar-refractivity contribution >= 4 is 53.1 Å². The molecule has 0 fully saturated rings. The number of nitrogens with one attached hydrogen (secondary N) is 2. The number of nitrogens with two attached hydrogens (primary N) is 1. The Morgan fingerprint density at radius 1 is 0.840 bits per heavy atom. The van der Waals surface area contributed by atoms with Gasteiger partial charge in [0.2, 0.25) is 11.8 Å². The van der Waals surface area contributed by atoms with Crippen LogP contribution >= 0.6 is 35.3 Å². The van der Waals surface area contributed by atoms with Crippen molar-refractivity contribution < 1.29 is 19.5 Å². The van der Waals surface area contributed by atoms with Crippen LogP contribution in [0.15, 0.2) is 0 Å². The molecule has 25 heavy (non-hydrogen) atoms. The Morgan fingerprint density at radius 2 is 1.28 bits per heavy atom. The van der Waals surface area contributed by atoms with Crippen molar-refractivity contribution in [2.24, 2.45) is 5.73 Å². The summed E-state index contributed by atoms with van der Waals surface area (Å²) in [5.41, 5.74) is 5.84. The Balaban J connectivity index is 4.83. The Kier molecular flexibility index (Phi) is 14.2. The molecule has 146 valence electrons. The Morgan fingerprint density at radius 3 is 1.76 bits per heavy atom. The number of amides is 2. The number of rotatable bonds is 14. The molecule has 3 atom stereocenters. The minimum Gasteiger partial charge on any atom is -0.480 e. The van der Waals surface area contributed by atoms with Crippen LogP contribution in [-0.2, 0) is 14.4 Å². The largest absolute Gasteiger partial charge is 0.480 e. The summed E-state index contributed by atoms with van der Waals surface area (Å²) in [6, 6.07) is -2.42. The molecule has 0 bridgehead atoms. The maximum atomic E-state index is 12.4. The fourth-order valence-electron chi connectivity index (χ4n) is 1.92. The summed E-state index contributed by atoms with van der Waals surface area (Å²) in [4.78, 5) is 35.9. The van der Waals surface area contributed by atoms with Crippen LogP contribution in [0.3, 0.4) is 0 Å². The van der Waals surface area contributed by atoms with Gasteiger partial charge in [-0.1, -0.05) is 0 Å². The highest BCUT2D eigenvalue weighted by atomic mass is 32.2. The first-order valence-electron chi connectivity index (χ1n) is 7.93. The van der Waals surface area contributed by atoms with Gasteiger partial charge >= 0.3 is 5.97 Å². The second-order valence-corrected chi connectivity index (χ2v) is 8.37. The zero-order valence-electron chi connectivity index (χ0n) is 14.9. The molecule has 0 aromatic carbocycles. The summed E-state index contributed by atoms with van der Waals surface area (Å²) in [5.74, 6) is 0.110. The van der Waals surface area contributed by atoms with Crippen molar-refractivity contribution in [2.75, 3.05) is 36.0 Å². The van der Waals surface area contributed by atoms with Crippen LogP contribution in [0.2, 0.25) is 0 Å². The number of carboxylic acids is 1. The third-order valence-electron chi connectivity index (χ3n) is 3.44. The van der Waals surface area contributed by atoms with E-state index in [2.05, 4.69) is 10.6 Å². The number of carboxylic acid groups (broad SMARTS) is 1. The zero-order chi connectivity index (χ0) is 19.2. The molecule has 0 radical (unpaired) electrons. The average molecular weight is 412 g/mol. The molecule has 0 saturated carbocycles. The molecule has 0 aliphatic heterocycles. The van der Waals surface area contributed by atoms with Crippen LogP contribution in [0.1, 0.15) is 19.3 Å². The molecule has 0 heterocycles. The van der Waals surface area contributed by atoms with Crippen LogP contribution in [0.4, 0.5) is 0 Å². The van der Waals surface area contributed by atoms with E-state index in [9.17, 15) is 19.5 Å². The molecule has 2 amide bonds. The third kappa shape index (κ3) is 10.9. The first-order chi connectivity index (χ1) is 11.9. The molecular formula is C15H29N3O4S3. The van der Waals surface area contributed by atoms with Gasteiger partial charge in [0.1, 0.15) is 12.1 Å². The first-order valence-corrected chi connectivity index (χ1v) is 12.1. The summed E-state index contributed by atoms with van der Waals surface area (Å²) >= 11 is 4.66. The molecule has 10 heteroatoms. The van der Waals surface area contributed by atoms with Crippen LogP contribution in [0.5, 0.6) is 0 Å². The van der Waals surface area contributed by atoms with Gasteiger partial charge in [-0.2, -0.15) is 35.3 Å². The lowest BCUT2D eigenvalue weighted by atomic mass is 10.1. The fraction of sp³-hybridized carbons (Fsp3) is 0.800. The maximum absolute atomic E-state index is 12.4. The average Bonchev–Trinajstić information content (AvgIpc) is 2.59. The maximum Gasteiger partial charge on any atom is 0.326 e. The molecule has 0 aliphatic rings. The van der Waals surface area contributed by atoms with Gasteiger partial charge < -0.3 is 21.5 Å². The smallest absolute Gasteiger partial charge is 0.326 e. The van der Waals surface area contributed by atoms with Gasteiger partial charge in [0, 0.05) is 0 Å². The standard InChI is InChI=1S/C15H29N3O4S3/c1-23-7-4-10(16)13(19)17-11(5-8-24-2)14(20)18-12(15(21)22)6-9-25-3/h10-12H,4-9,16H2,1-3H3,(H,17,19)(H,18,20)(H,21,22)/t10-,11-,12+/m0/s1. The van der Waals surface area contributed by atoms with E-state index in [-0.39, 0.29) is 5.91 Å². The molecular weight excluding hydrogens is 382 g/mol. The highest BCUT2D eigenvalue weighted by Gasteiger charge is 2.27. The molecule has 7 nitrogen and oxygen atoms in total. The lowest BCUT2D eigenvalue weighted by Gasteiger charge is -2.22. The zero-order valence-corrected chi connectivity index (χ0v) is 17.4. The predicted octanol–water partition coefficient (Wildman–Crippen LogP) is 0.627. The van der Waals surface area contributed by atoms with E-state index in [1.54, 1.807) is 23.5 Å². The van der Waals surface area contributed by atoms with Crippen LogP contribution < -0.4 is 16.4 Å². The number of carbonyl (C=O) groups excluding carboxylic acids is 2. The normalized spacial score (nSPS) is 14.4. The van der Waals surface area contributed by atoms with Gasteiger partial charge in [-0.25, -0.2) is 4.79 Å². The van der Waals surface area contributed by atoms with E-state index in [4.69, 9.17) is 5.73 Å². The van der Waals surface area contributed by atoms with Crippen molar-refractivity contribution in [3.05, 3.63) is 0 Å². The minimum atomic E-state index is -1.07. The molecule has 0 aromatic rings. The molecule has 0 saturated heterocycles. The molecule has 0 aliphatic carbocycles. The molecule has 0 rings (SSSR count). The van der Waals surface area contributed by atoms with Crippen molar-refractivity contribution in [2.45, 2.75) is 37.4 Å². The monoisotopic (exact) mass is 411 g/mol. The summed E-state index contributed by atoms with van der Waals surface area (Å²) in [7, 11) is 0. The highest BCUT2D eigenvalue weighted by molar-refractivity contribution is 7.98. The first kappa shape index (κ1) is 24.4. The van der Waals surface area contributed by atoms with Gasteiger partial charge in [0.05, 0.1) is 6.04 Å². The van der Waals surface area contributed by atoms with Gasteiger partial charge in [-0.15, -0.1) is 0 Å². The number of carbonyl (C=O) groups is 3. The minimum absolute atomic E-state index is 0.332. The molecule has 0 aromatic heterocycles. The number of hydrogen-bond donors (Lipinski definition) is 4. The Labute approximate surface area is 162 Å². The second kappa shape index (κ2) is 14.6. The van der Waals surface area contributed by atoms with Gasteiger partial charge in [-0.3, -0.25) is 9.59 Å². The van der Waals surface area contributed by atoms with Crippen molar-refractivity contribution in [3.8, 4) is 0 Å². The number of aliphatic carboxylic acids is 1. The van der Waals surface area contributed by atoms with E-state index in [1.165, 1.54) is 11.8 Å². The van der Waals surface area contributed by atoms with Gasteiger partial charge in [0.15, 0.2) is 0 Å². The van der Waals surface area contributed by atoms with E-state index in [1.807, 2.05) is 18.8 Å². The Bertz CT molecular complexity index is 427. The molecule has 0 spiro atoms. The SMILES string of the molecule is CSCC[C@H](NC(=O)[C@@H](N)CCSC)C(=O)N[C@H](CCSC)C(=O)O. The summed E-state index contributed by atoms with van der Waals surface area (Å²) < 4.78 is 0. The summed E-state index contributed by atoms with van der Waals surface area (Å²) in [6.07, 6.45) is 6.98. The predicted molar refractivity (Wildman–Crippen MR) is 108 cm³/mol. The van der Waals surface area contributed by atoms with Crippen LogP contribution in [-0.4, -0.2) is 77.0 Å². The quantitative estimate of drug-likeness (QED) is 0.328. The van der Waals surface area contributed by atoms with E-state index < -0.39 is 30.0 Å². The summed E-state index contributed by atoms with van der Waals surface area (Å²) in [6.45, 7) is 0. The highest BCUT2D eigenvalue weighted by Crippen LogP contribution is 2.06. The van der Waals surface area contributed by atoms with Gasteiger partial charge in [0.25, 0.3) is 0 Å². The van der Waals surface area contributed by atoms with Crippen molar-refractivity contribution in [3.63, 3.8) is 0 Å². The lowest BCUT2D eigenvalue weighted by Crippen LogP contribution is -2.54. The van der Waals surface area contributed by atoms with Crippen LogP contribution in [0.25, 0.3) is 0 Å². The fourth-order valence-corrected chi connectivity index (χ4v) is 3.36. The van der Waals surface area contributed by atoms with Gasteiger partial charge in [-0.05, 0) is 55.3 Å². The van der Waals surface area contributed by atoms with Crippen molar-refractivity contribution in [1.82, 2.24) is 10.6 Å². The van der Waals surface area contributed by atoms with Crippen LogP contribution in [0, 0.1) is 0 Å². The number of hydrogen-bond acceptors (Lipinski definition) is 7. The second-order valence-electron chi connectivity index (χ2n) is 5.41. The number of thioether (sulfide) groups is 3. The summed E-state index contributed by atoms with van der Waals surface area (Å²) in [5, 5.41) is 14.4.